The zero-order valence-electron chi connectivity index (χ0n) is 11.2. The van der Waals surface area contributed by atoms with E-state index in [0.29, 0.717) is 0 Å². The number of aryl methyl sites for hydroxylation is 2. The Hall–Kier alpha value is -2.29. The van der Waals surface area contributed by atoms with Gasteiger partial charge in [0.2, 0.25) is 0 Å². The Morgan fingerprint density at radius 3 is 2.53 bits per heavy atom. The number of hydrogen-bond acceptors (Lipinski definition) is 2. The van der Waals surface area contributed by atoms with E-state index in [-0.39, 0.29) is 0 Å². The van der Waals surface area contributed by atoms with Crippen molar-refractivity contribution in [2.75, 3.05) is 5.73 Å². The lowest BCUT2D eigenvalue weighted by Gasteiger charge is -2.07. The van der Waals surface area contributed by atoms with Crippen LogP contribution in [0.15, 0.2) is 42.5 Å². The Kier molecular flexibility index (Phi) is 2.75. The molecule has 96 valence electrons. The van der Waals surface area contributed by atoms with Crippen molar-refractivity contribution in [2.45, 2.75) is 20.3 Å². The zero-order valence-corrected chi connectivity index (χ0v) is 11.2. The van der Waals surface area contributed by atoms with E-state index in [1.165, 1.54) is 5.56 Å². The van der Waals surface area contributed by atoms with Gasteiger partial charge in [-0.05, 0) is 49.2 Å². The van der Waals surface area contributed by atoms with Gasteiger partial charge in [-0.1, -0.05) is 19.1 Å². The molecule has 0 radical (unpaired) electrons. The fourth-order valence-electron chi connectivity index (χ4n) is 2.42. The molecule has 3 nitrogen and oxygen atoms in total. The van der Waals surface area contributed by atoms with Gasteiger partial charge >= 0.3 is 0 Å². The minimum Gasteiger partial charge on any atom is -0.399 e. The number of hydrogen-bond donors (Lipinski definition) is 1. The molecular weight excluding hydrogens is 234 g/mol. The number of imidazole rings is 1. The van der Waals surface area contributed by atoms with Gasteiger partial charge in [-0.2, -0.15) is 0 Å². The molecule has 0 aliphatic heterocycles. The molecule has 0 unspecified atom stereocenters. The van der Waals surface area contributed by atoms with Crippen molar-refractivity contribution in [3.05, 3.63) is 53.9 Å². The molecule has 0 saturated heterocycles. The van der Waals surface area contributed by atoms with E-state index in [4.69, 9.17) is 5.73 Å². The Balaban J connectivity index is 2.20. The summed E-state index contributed by atoms with van der Waals surface area (Å²) in [5, 5.41) is 0. The van der Waals surface area contributed by atoms with E-state index in [2.05, 4.69) is 40.7 Å². The first-order valence-corrected chi connectivity index (χ1v) is 6.53. The predicted molar refractivity (Wildman–Crippen MR) is 79.6 cm³/mol. The Morgan fingerprint density at radius 1 is 1.11 bits per heavy atom. The summed E-state index contributed by atoms with van der Waals surface area (Å²) in [4.78, 5) is 4.58. The lowest BCUT2D eigenvalue weighted by atomic mass is 10.1. The molecule has 0 bridgehead atoms. The molecular formula is C16H17N3. The second-order valence-electron chi connectivity index (χ2n) is 4.76. The Labute approximate surface area is 112 Å². The van der Waals surface area contributed by atoms with Crippen LogP contribution in [0, 0.1) is 6.92 Å². The summed E-state index contributed by atoms with van der Waals surface area (Å²) in [6.45, 7) is 4.18. The molecule has 0 saturated carbocycles. The van der Waals surface area contributed by atoms with Crippen molar-refractivity contribution < 1.29 is 0 Å². The molecule has 3 aromatic rings. The van der Waals surface area contributed by atoms with E-state index in [1.54, 1.807) is 0 Å². The van der Waals surface area contributed by atoms with Crippen LogP contribution in [-0.4, -0.2) is 9.55 Å². The lowest BCUT2D eigenvalue weighted by molar-refractivity contribution is 0.997. The topological polar surface area (TPSA) is 43.8 Å². The van der Waals surface area contributed by atoms with Gasteiger partial charge < -0.3 is 5.73 Å². The molecule has 0 fully saturated rings. The summed E-state index contributed by atoms with van der Waals surface area (Å²) in [6.07, 6.45) is 1.06. The summed E-state index contributed by atoms with van der Waals surface area (Å²) < 4.78 is 2.16. The molecule has 2 N–H and O–H groups in total. The molecule has 3 heteroatoms. The van der Waals surface area contributed by atoms with Crippen LogP contribution >= 0.6 is 0 Å². The minimum atomic E-state index is 0.749. The van der Waals surface area contributed by atoms with Crippen LogP contribution in [0.3, 0.4) is 0 Å². The third-order valence-corrected chi connectivity index (χ3v) is 3.45. The second kappa shape index (κ2) is 4.43. The average molecular weight is 251 g/mol. The highest BCUT2D eigenvalue weighted by atomic mass is 15.1. The number of rotatable bonds is 2. The maximum absolute atomic E-state index is 5.81. The van der Waals surface area contributed by atoms with Crippen LogP contribution in [0.25, 0.3) is 16.7 Å². The average Bonchev–Trinajstić information content (AvgIpc) is 2.74. The molecule has 19 heavy (non-hydrogen) atoms. The van der Waals surface area contributed by atoms with Crippen molar-refractivity contribution >= 4 is 16.7 Å². The Bertz CT molecular complexity index is 724. The fourth-order valence-corrected chi connectivity index (χ4v) is 2.42. The largest absolute Gasteiger partial charge is 0.399 e. The van der Waals surface area contributed by atoms with Gasteiger partial charge in [0.25, 0.3) is 0 Å². The van der Waals surface area contributed by atoms with E-state index < -0.39 is 0 Å². The summed E-state index contributed by atoms with van der Waals surface area (Å²) in [7, 11) is 0. The van der Waals surface area contributed by atoms with Crippen molar-refractivity contribution in [3.63, 3.8) is 0 Å². The molecule has 0 aliphatic rings. The van der Waals surface area contributed by atoms with E-state index in [0.717, 1.165) is 34.7 Å². The van der Waals surface area contributed by atoms with Crippen molar-refractivity contribution in [2.24, 2.45) is 0 Å². The van der Waals surface area contributed by atoms with Gasteiger partial charge in [-0.15, -0.1) is 0 Å². The molecule has 0 aliphatic carbocycles. The van der Waals surface area contributed by atoms with Crippen LogP contribution < -0.4 is 5.73 Å². The standard InChI is InChI=1S/C16H17N3/c1-3-12-4-7-14(8-5-12)19-11(2)18-15-10-13(17)6-9-16(15)19/h4-10H,3,17H2,1-2H3. The third-order valence-electron chi connectivity index (χ3n) is 3.45. The van der Waals surface area contributed by atoms with Crippen LogP contribution in [0.1, 0.15) is 18.3 Å². The van der Waals surface area contributed by atoms with Crippen molar-refractivity contribution in [1.29, 1.82) is 0 Å². The van der Waals surface area contributed by atoms with Gasteiger partial charge in [-0.3, -0.25) is 4.57 Å². The first kappa shape index (κ1) is 11.8. The number of nitrogens with two attached hydrogens (primary N) is 1. The molecule has 0 spiro atoms. The highest BCUT2D eigenvalue weighted by molar-refractivity contribution is 5.81. The molecule has 1 aromatic heterocycles. The van der Waals surface area contributed by atoms with Gasteiger partial charge in [0.15, 0.2) is 0 Å². The van der Waals surface area contributed by atoms with Crippen LogP contribution in [0.2, 0.25) is 0 Å². The van der Waals surface area contributed by atoms with Gasteiger partial charge in [0.05, 0.1) is 11.0 Å². The number of anilines is 1. The van der Waals surface area contributed by atoms with Gasteiger partial charge in [-0.25, -0.2) is 4.98 Å². The van der Waals surface area contributed by atoms with Crippen LogP contribution in [-0.2, 0) is 6.42 Å². The van der Waals surface area contributed by atoms with Crippen LogP contribution in [0.5, 0.6) is 0 Å². The number of nitrogens with zero attached hydrogens (tertiary/aromatic N) is 2. The summed E-state index contributed by atoms with van der Waals surface area (Å²) in [5.41, 5.74) is 11.1. The smallest absolute Gasteiger partial charge is 0.111 e. The van der Waals surface area contributed by atoms with Crippen molar-refractivity contribution in [1.82, 2.24) is 9.55 Å². The van der Waals surface area contributed by atoms with Gasteiger partial charge in [0.1, 0.15) is 5.82 Å². The fraction of sp³-hybridized carbons (Fsp3) is 0.188. The van der Waals surface area contributed by atoms with E-state index in [9.17, 15) is 0 Å². The summed E-state index contributed by atoms with van der Waals surface area (Å²) in [6, 6.07) is 14.5. The second-order valence-corrected chi connectivity index (χ2v) is 4.76. The molecule has 2 aromatic carbocycles. The summed E-state index contributed by atoms with van der Waals surface area (Å²) in [5.74, 6) is 0.977. The third kappa shape index (κ3) is 1.97. The molecule has 3 rings (SSSR count). The molecule has 0 amide bonds. The normalized spacial score (nSPS) is 11.1. The highest BCUT2D eigenvalue weighted by Crippen LogP contribution is 2.23. The maximum atomic E-state index is 5.81. The minimum absolute atomic E-state index is 0.749. The first-order valence-electron chi connectivity index (χ1n) is 6.53. The Morgan fingerprint density at radius 2 is 1.84 bits per heavy atom. The monoisotopic (exact) mass is 251 g/mol. The number of nitrogen functional groups attached to an aromatic ring is 1. The number of benzene rings is 2. The van der Waals surface area contributed by atoms with E-state index in [1.807, 2.05) is 25.1 Å². The number of aromatic nitrogens is 2. The highest BCUT2D eigenvalue weighted by Gasteiger charge is 2.09. The number of fused-ring (bicyclic) bond motifs is 1. The summed E-state index contributed by atoms with van der Waals surface area (Å²) >= 11 is 0. The predicted octanol–water partition coefficient (Wildman–Crippen LogP) is 3.48. The van der Waals surface area contributed by atoms with Gasteiger partial charge in [0, 0.05) is 11.4 Å². The zero-order chi connectivity index (χ0) is 13.4. The molecule has 1 heterocycles. The maximum Gasteiger partial charge on any atom is 0.111 e. The first-order chi connectivity index (χ1) is 9.19. The SMILES string of the molecule is CCc1ccc(-n2c(C)nc3cc(N)ccc32)cc1. The van der Waals surface area contributed by atoms with E-state index >= 15 is 0 Å². The van der Waals surface area contributed by atoms with Crippen molar-refractivity contribution in [3.8, 4) is 5.69 Å². The molecule has 0 atom stereocenters. The van der Waals surface area contributed by atoms with Crippen LogP contribution in [0.4, 0.5) is 5.69 Å². The quantitative estimate of drug-likeness (QED) is 0.709. The lowest BCUT2D eigenvalue weighted by Crippen LogP contribution is -1.97.